The van der Waals surface area contributed by atoms with Crippen molar-refractivity contribution in [2.75, 3.05) is 6.61 Å². The minimum Gasteiger partial charge on any atom is -0.461 e. The molecule has 2 bridgehead atoms. The molecule has 8 atom stereocenters. The topological polar surface area (TPSA) is 110 Å². The van der Waals surface area contributed by atoms with Crippen LogP contribution in [0.15, 0.2) is 59.8 Å². The largest absolute Gasteiger partial charge is 0.461 e. The van der Waals surface area contributed by atoms with Crippen LogP contribution in [0.1, 0.15) is 60.8 Å². The first kappa shape index (κ1) is 29.2. The van der Waals surface area contributed by atoms with Gasteiger partial charge in [-0.3, -0.25) is 9.59 Å². The van der Waals surface area contributed by atoms with Crippen molar-refractivity contribution in [3.8, 4) is 0 Å². The predicted molar refractivity (Wildman–Crippen MR) is 147 cm³/mol. The van der Waals surface area contributed by atoms with Crippen molar-refractivity contribution in [3.63, 3.8) is 0 Å². The molecular formula is C32H42O7. The first-order valence-corrected chi connectivity index (χ1v) is 14.0. The highest BCUT2D eigenvalue weighted by Gasteiger charge is 2.76. The third-order valence-corrected chi connectivity index (χ3v) is 9.55. The third-order valence-electron chi connectivity index (χ3n) is 9.55. The lowest BCUT2D eigenvalue weighted by Crippen LogP contribution is -2.65. The SMILES string of the molecule is CCCC=CC=CC=CC(=O)OC1C(C)=CC23C(=O)C(C=C(COC(C)=O)C(O)C12O)C1C(CC3C)C1(C)C. The number of ketones is 1. The van der Waals surface area contributed by atoms with Crippen molar-refractivity contribution in [3.05, 3.63) is 59.8 Å². The molecule has 212 valence electrons. The van der Waals surface area contributed by atoms with E-state index in [4.69, 9.17) is 9.47 Å². The molecule has 4 aliphatic rings. The van der Waals surface area contributed by atoms with Crippen LogP contribution < -0.4 is 0 Å². The van der Waals surface area contributed by atoms with Crippen LogP contribution >= 0.6 is 0 Å². The summed E-state index contributed by atoms with van der Waals surface area (Å²) in [6.07, 6.45) is 13.5. The number of hydrogen-bond donors (Lipinski definition) is 2. The van der Waals surface area contributed by atoms with E-state index in [1.54, 1.807) is 31.2 Å². The van der Waals surface area contributed by atoms with Crippen molar-refractivity contribution < 1.29 is 34.1 Å². The summed E-state index contributed by atoms with van der Waals surface area (Å²) in [5.41, 5.74) is -2.92. The zero-order chi connectivity index (χ0) is 28.8. The number of hydrogen-bond acceptors (Lipinski definition) is 7. The van der Waals surface area contributed by atoms with E-state index >= 15 is 0 Å². The van der Waals surface area contributed by atoms with Gasteiger partial charge < -0.3 is 19.7 Å². The number of ether oxygens (including phenoxy) is 2. The number of unbranched alkanes of at least 4 members (excludes halogenated alkanes) is 1. The van der Waals surface area contributed by atoms with Gasteiger partial charge in [-0.2, -0.15) is 0 Å². The Labute approximate surface area is 231 Å². The van der Waals surface area contributed by atoms with E-state index in [-0.39, 0.29) is 41.1 Å². The number of carbonyl (C=O) groups excluding carboxylic acids is 3. The minimum atomic E-state index is -2.16. The van der Waals surface area contributed by atoms with E-state index in [0.29, 0.717) is 12.0 Å². The molecule has 39 heavy (non-hydrogen) atoms. The maximum absolute atomic E-state index is 14.5. The lowest BCUT2D eigenvalue weighted by molar-refractivity contribution is -0.201. The molecule has 4 aliphatic carbocycles. The van der Waals surface area contributed by atoms with Gasteiger partial charge in [-0.1, -0.05) is 76.6 Å². The molecule has 4 rings (SSSR count). The van der Waals surface area contributed by atoms with Gasteiger partial charge in [0.2, 0.25) is 0 Å². The van der Waals surface area contributed by atoms with E-state index in [9.17, 15) is 24.6 Å². The van der Waals surface area contributed by atoms with Crippen LogP contribution in [0.25, 0.3) is 0 Å². The molecule has 8 unspecified atom stereocenters. The fourth-order valence-electron chi connectivity index (χ4n) is 7.53. The van der Waals surface area contributed by atoms with Crippen LogP contribution in [0.5, 0.6) is 0 Å². The van der Waals surface area contributed by atoms with Gasteiger partial charge >= 0.3 is 11.9 Å². The molecule has 0 saturated heterocycles. The van der Waals surface area contributed by atoms with Crippen LogP contribution in [0.4, 0.5) is 0 Å². The number of Topliss-reactive ketones (excluding diaryl/α,β-unsaturated/α-hetero) is 1. The van der Waals surface area contributed by atoms with Crippen molar-refractivity contribution in [2.45, 2.75) is 78.6 Å². The Hall–Kier alpha value is -2.77. The zero-order valence-electron chi connectivity index (χ0n) is 23.8. The Balaban J connectivity index is 1.71. The lowest BCUT2D eigenvalue weighted by atomic mass is 9.59. The van der Waals surface area contributed by atoms with E-state index in [1.807, 2.05) is 25.2 Å². The quantitative estimate of drug-likeness (QED) is 0.204. The number of allylic oxidation sites excluding steroid dienone is 6. The number of fused-ring (bicyclic) bond motifs is 3. The number of esters is 2. The molecule has 7 nitrogen and oxygen atoms in total. The summed E-state index contributed by atoms with van der Waals surface area (Å²) in [5.74, 6) is -1.98. The third kappa shape index (κ3) is 4.67. The van der Waals surface area contributed by atoms with Crippen molar-refractivity contribution in [1.29, 1.82) is 0 Å². The number of aliphatic hydroxyl groups excluding tert-OH is 1. The molecule has 0 aromatic rings. The first-order chi connectivity index (χ1) is 18.3. The molecule has 0 heterocycles. The second-order valence-corrected chi connectivity index (χ2v) is 12.3. The zero-order valence-corrected chi connectivity index (χ0v) is 23.8. The fraction of sp³-hybridized carbons (Fsp3) is 0.594. The normalized spacial score (nSPS) is 38.6. The van der Waals surface area contributed by atoms with Crippen LogP contribution in [0, 0.1) is 34.5 Å². The summed E-state index contributed by atoms with van der Waals surface area (Å²) in [5, 5.41) is 24.3. The van der Waals surface area contributed by atoms with Gasteiger partial charge in [0, 0.05) is 18.9 Å². The summed E-state index contributed by atoms with van der Waals surface area (Å²) in [4.78, 5) is 39.0. The first-order valence-electron chi connectivity index (χ1n) is 14.0. The maximum Gasteiger partial charge on any atom is 0.331 e. The lowest BCUT2D eigenvalue weighted by Gasteiger charge is -2.48. The molecule has 0 aliphatic heterocycles. The molecule has 7 heteroatoms. The van der Waals surface area contributed by atoms with Crippen LogP contribution in [0.2, 0.25) is 0 Å². The summed E-state index contributed by atoms with van der Waals surface area (Å²) in [7, 11) is 0. The molecule has 0 aromatic carbocycles. The van der Waals surface area contributed by atoms with Gasteiger partial charge in [0.1, 0.15) is 12.7 Å². The Morgan fingerprint density at radius 1 is 1.18 bits per heavy atom. The van der Waals surface area contributed by atoms with Crippen molar-refractivity contribution in [2.24, 2.45) is 34.5 Å². The molecular weight excluding hydrogens is 496 g/mol. The number of aliphatic hydroxyl groups is 2. The minimum absolute atomic E-state index is 0.0464. The monoisotopic (exact) mass is 538 g/mol. The van der Waals surface area contributed by atoms with E-state index in [2.05, 4.69) is 20.8 Å². The van der Waals surface area contributed by atoms with Crippen molar-refractivity contribution >= 4 is 17.7 Å². The summed E-state index contributed by atoms with van der Waals surface area (Å²) >= 11 is 0. The summed E-state index contributed by atoms with van der Waals surface area (Å²) < 4.78 is 11.0. The highest BCUT2D eigenvalue weighted by molar-refractivity contribution is 5.95. The second kappa shape index (κ2) is 10.7. The maximum atomic E-state index is 14.5. The van der Waals surface area contributed by atoms with Crippen LogP contribution in [-0.2, 0) is 23.9 Å². The Morgan fingerprint density at radius 3 is 2.54 bits per heavy atom. The van der Waals surface area contributed by atoms with Gasteiger partial charge in [-0.15, -0.1) is 0 Å². The van der Waals surface area contributed by atoms with E-state index < -0.39 is 41.1 Å². The average molecular weight is 539 g/mol. The molecule has 0 amide bonds. The van der Waals surface area contributed by atoms with Crippen LogP contribution in [0.3, 0.4) is 0 Å². The van der Waals surface area contributed by atoms with E-state index in [0.717, 1.165) is 12.8 Å². The van der Waals surface area contributed by atoms with Gasteiger partial charge in [0.05, 0.1) is 5.41 Å². The Morgan fingerprint density at radius 2 is 1.87 bits per heavy atom. The molecule has 2 saturated carbocycles. The van der Waals surface area contributed by atoms with Crippen LogP contribution in [-0.4, -0.2) is 52.4 Å². The molecule has 2 N–H and O–H groups in total. The standard InChI is InChI=1S/C32H42O7/c1-7-8-9-10-11-12-13-14-25(34)39-29-19(2)17-31-20(3)15-24-26(30(24,5)6)23(28(31)36)16-22(18-38-21(4)33)27(35)32(29,31)37/h9-14,16-17,20,23-24,26-27,29,35,37H,7-8,15,18H2,1-6H3. The van der Waals surface area contributed by atoms with E-state index in [1.165, 1.54) is 13.0 Å². The highest BCUT2D eigenvalue weighted by Crippen LogP contribution is 2.71. The summed E-state index contributed by atoms with van der Waals surface area (Å²) in [6, 6.07) is 0. The predicted octanol–water partition coefficient (Wildman–Crippen LogP) is 4.41. The number of rotatable bonds is 8. The Kier molecular flexibility index (Phi) is 7.99. The fourth-order valence-corrected chi connectivity index (χ4v) is 7.53. The van der Waals surface area contributed by atoms with Crippen molar-refractivity contribution in [1.82, 2.24) is 0 Å². The molecule has 0 radical (unpaired) electrons. The van der Waals surface area contributed by atoms with Gasteiger partial charge in [0.15, 0.2) is 17.5 Å². The number of carbonyl (C=O) groups is 3. The smallest absolute Gasteiger partial charge is 0.331 e. The van der Waals surface area contributed by atoms with Gasteiger partial charge in [-0.05, 0) is 54.1 Å². The highest BCUT2D eigenvalue weighted by atomic mass is 16.6. The average Bonchev–Trinajstić information content (AvgIpc) is 3.36. The molecule has 0 aromatic heterocycles. The Bertz CT molecular complexity index is 1170. The summed E-state index contributed by atoms with van der Waals surface area (Å²) in [6.45, 7) is 11.0. The molecule has 2 fully saturated rings. The van der Waals surface area contributed by atoms with Gasteiger partial charge in [-0.25, -0.2) is 4.79 Å². The van der Waals surface area contributed by atoms with Gasteiger partial charge in [0.25, 0.3) is 0 Å². The molecule has 1 spiro atoms. The second-order valence-electron chi connectivity index (χ2n) is 12.3.